The van der Waals surface area contributed by atoms with Crippen molar-refractivity contribution < 1.29 is 9.90 Å². The maximum Gasteiger partial charge on any atom is 0.337 e. The summed E-state index contributed by atoms with van der Waals surface area (Å²) in [5, 5.41) is 8.75. The molecule has 1 rings (SSSR count). The molecule has 0 aliphatic rings. The fourth-order valence-electron chi connectivity index (χ4n) is 0.635. The largest absolute Gasteiger partial charge is 0.478 e. The number of benzene rings is 1. The summed E-state index contributed by atoms with van der Waals surface area (Å²) >= 11 is 5.54. The second kappa shape index (κ2) is 4.67. The van der Waals surface area contributed by atoms with Gasteiger partial charge in [-0.05, 0) is 12.1 Å². The monoisotopic (exact) mass is 271 g/mol. The Bertz CT molecular complexity index is 262. The number of hydrogen-bond acceptors (Lipinski definition) is 1. The van der Waals surface area contributed by atoms with Crippen molar-refractivity contribution in [3.8, 4) is 0 Å². The predicted molar refractivity (Wildman–Crippen MR) is 44.2 cm³/mol. The van der Waals surface area contributed by atoms with Crippen molar-refractivity contribution in [2.24, 2.45) is 0 Å². The fraction of sp³-hybridized carbons (Fsp3) is 0. The second-order valence-electron chi connectivity index (χ2n) is 1.78. The molecule has 55 valence electrons. The maximum atomic E-state index is 10.3. The van der Waals surface area contributed by atoms with E-state index < -0.39 is 5.97 Å². The van der Waals surface area contributed by atoms with Crippen LogP contribution in [0, 0.1) is 0 Å². The number of carboxylic acids is 1. The Kier molecular flexibility index (Phi) is 4.61. The van der Waals surface area contributed by atoms with Crippen molar-refractivity contribution in [2.45, 2.75) is 0 Å². The Balaban J connectivity index is 0.000001000. The predicted octanol–water partition coefficient (Wildman–Crippen LogP) is 1.66. The molecular weight excluding hydrogens is 266 g/mol. The minimum atomic E-state index is -0.995. The zero-order valence-electron chi connectivity index (χ0n) is 5.62. The van der Waals surface area contributed by atoms with Gasteiger partial charge in [-0.3, -0.25) is 0 Å². The molecule has 2 nitrogen and oxygen atoms in total. The third-order valence-electron chi connectivity index (χ3n) is 1.10. The molecule has 0 bridgehead atoms. The molecule has 4 heteroatoms. The number of aromatic carboxylic acids is 1. The Morgan fingerprint density at radius 1 is 1.36 bits per heavy atom. The summed E-state index contributed by atoms with van der Waals surface area (Å²) in [7, 11) is 0. The molecule has 0 heterocycles. The number of carbonyl (C=O) groups is 1. The van der Waals surface area contributed by atoms with E-state index in [4.69, 9.17) is 16.7 Å². The van der Waals surface area contributed by atoms with E-state index in [9.17, 15) is 4.79 Å². The summed E-state index contributed by atoms with van der Waals surface area (Å²) in [5.41, 5.74) is 0.143. The molecule has 0 aliphatic heterocycles. The number of carboxylic acid groups (broad SMARTS) is 1. The van der Waals surface area contributed by atoms with Crippen LogP contribution in [-0.2, 0) is 0 Å². The number of hydrogen-bond donors (Lipinski definition) is 1. The summed E-state index contributed by atoms with van der Waals surface area (Å²) in [4.78, 5) is 10.3. The summed E-state index contributed by atoms with van der Waals surface area (Å²) in [6, 6.07) is 6.33. The summed E-state index contributed by atoms with van der Waals surface area (Å²) in [6.45, 7) is 0. The zero-order chi connectivity index (χ0) is 7.56. The van der Waals surface area contributed by atoms with Gasteiger partial charge >= 0.3 is 5.97 Å². The molecule has 0 atom stereocenters. The van der Waals surface area contributed by atoms with Gasteiger partial charge in [0.25, 0.3) is 0 Å². The Labute approximate surface area is 88.0 Å². The fourth-order valence-corrected chi connectivity index (χ4v) is 0.851. The van der Waals surface area contributed by atoms with E-state index >= 15 is 0 Å². The molecular formula is C7H5ClInO2. The van der Waals surface area contributed by atoms with Gasteiger partial charge in [0, 0.05) is 25.8 Å². The van der Waals surface area contributed by atoms with Crippen LogP contribution in [-0.4, -0.2) is 36.9 Å². The van der Waals surface area contributed by atoms with E-state index in [2.05, 4.69) is 0 Å². The first-order valence-electron chi connectivity index (χ1n) is 2.69. The molecule has 0 aliphatic carbocycles. The molecule has 0 spiro atoms. The normalized spacial score (nSPS) is 8.45. The summed E-state index contributed by atoms with van der Waals surface area (Å²) in [6.07, 6.45) is 0. The quantitative estimate of drug-likeness (QED) is 0.843. The van der Waals surface area contributed by atoms with E-state index in [-0.39, 0.29) is 36.4 Å². The third-order valence-corrected chi connectivity index (χ3v) is 1.43. The average molecular weight is 271 g/mol. The van der Waals surface area contributed by atoms with Gasteiger partial charge in [0.05, 0.1) is 10.6 Å². The third kappa shape index (κ3) is 2.75. The van der Waals surface area contributed by atoms with Crippen LogP contribution >= 0.6 is 11.6 Å². The molecule has 1 N–H and O–H groups in total. The van der Waals surface area contributed by atoms with Crippen molar-refractivity contribution in [3.05, 3.63) is 34.9 Å². The molecule has 1 aromatic carbocycles. The van der Waals surface area contributed by atoms with Crippen LogP contribution in [0.15, 0.2) is 24.3 Å². The van der Waals surface area contributed by atoms with Crippen LogP contribution in [0.3, 0.4) is 0 Å². The van der Waals surface area contributed by atoms with Crippen LogP contribution in [0.1, 0.15) is 10.4 Å². The average Bonchev–Trinajstić information content (AvgIpc) is 1.88. The number of halogens is 1. The van der Waals surface area contributed by atoms with Gasteiger partial charge in [-0.15, -0.1) is 0 Å². The van der Waals surface area contributed by atoms with Gasteiger partial charge in [-0.25, -0.2) is 4.79 Å². The minimum absolute atomic E-state index is 0. The van der Waals surface area contributed by atoms with E-state index in [0.717, 1.165) is 0 Å². The van der Waals surface area contributed by atoms with Gasteiger partial charge in [-0.2, -0.15) is 0 Å². The van der Waals surface area contributed by atoms with E-state index in [1.807, 2.05) is 0 Å². The van der Waals surface area contributed by atoms with Crippen LogP contribution in [0.5, 0.6) is 0 Å². The van der Waals surface area contributed by atoms with Crippen molar-refractivity contribution in [1.29, 1.82) is 0 Å². The van der Waals surface area contributed by atoms with Gasteiger partial charge in [-0.1, -0.05) is 23.7 Å². The minimum Gasteiger partial charge on any atom is -0.478 e. The van der Waals surface area contributed by atoms with Gasteiger partial charge in [0.15, 0.2) is 0 Å². The SMILES string of the molecule is O=C(O)c1ccccc1Cl.[In]. The topological polar surface area (TPSA) is 37.3 Å². The van der Waals surface area contributed by atoms with Crippen molar-refractivity contribution in [1.82, 2.24) is 0 Å². The maximum absolute atomic E-state index is 10.3. The summed E-state index contributed by atoms with van der Waals surface area (Å²) in [5.74, 6) is -0.995. The molecule has 0 saturated heterocycles. The molecule has 0 saturated carbocycles. The smallest absolute Gasteiger partial charge is 0.337 e. The Morgan fingerprint density at radius 3 is 2.27 bits per heavy atom. The first kappa shape index (κ1) is 10.9. The van der Waals surface area contributed by atoms with Crippen molar-refractivity contribution in [2.75, 3.05) is 0 Å². The first-order valence-corrected chi connectivity index (χ1v) is 3.07. The zero-order valence-corrected chi connectivity index (χ0v) is 9.67. The second-order valence-corrected chi connectivity index (χ2v) is 2.19. The number of rotatable bonds is 1. The Hall–Kier alpha value is -0.150. The van der Waals surface area contributed by atoms with Crippen LogP contribution in [0.4, 0.5) is 0 Å². The first-order chi connectivity index (χ1) is 4.72. The van der Waals surface area contributed by atoms with Crippen molar-refractivity contribution >= 4 is 43.4 Å². The summed E-state index contributed by atoms with van der Waals surface area (Å²) < 4.78 is 0. The van der Waals surface area contributed by atoms with Crippen LogP contribution < -0.4 is 0 Å². The standard InChI is InChI=1S/C7H5ClO2.In/c8-6-4-2-1-3-5(6)7(9)10;/h1-4H,(H,9,10);. The molecule has 3 radical (unpaired) electrons. The van der Waals surface area contributed by atoms with Crippen LogP contribution in [0.2, 0.25) is 5.02 Å². The van der Waals surface area contributed by atoms with E-state index in [1.165, 1.54) is 6.07 Å². The van der Waals surface area contributed by atoms with Crippen LogP contribution in [0.25, 0.3) is 0 Å². The molecule has 0 unspecified atom stereocenters. The molecule has 11 heavy (non-hydrogen) atoms. The Morgan fingerprint density at radius 2 is 1.91 bits per heavy atom. The van der Waals surface area contributed by atoms with E-state index in [0.29, 0.717) is 0 Å². The van der Waals surface area contributed by atoms with Gasteiger partial charge < -0.3 is 5.11 Å². The van der Waals surface area contributed by atoms with Gasteiger partial charge in [0.2, 0.25) is 0 Å². The molecule has 0 amide bonds. The van der Waals surface area contributed by atoms with Gasteiger partial charge in [0.1, 0.15) is 0 Å². The van der Waals surface area contributed by atoms with E-state index in [1.54, 1.807) is 18.2 Å². The molecule has 1 aromatic rings. The van der Waals surface area contributed by atoms with Crippen molar-refractivity contribution in [3.63, 3.8) is 0 Å². The molecule has 0 fully saturated rings. The molecule has 0 aromatic heterocycles.